The van der Waals surface area contributed by atoms with Crippen molar-refractivity contribution in [2.24, 2.45) is 0 Å². The number of carbonyl (C=O) groups excluding carboxylic acids is 1. The quantitative estimate of drug-likeness (QED) is 0.612. The van der Waals surface area contributed by atoms with Crippen molar-refractivity contribution in [2.45, 2.75) is 0 Å². The highest BCUT2D eigenvalue weighted by Crippen LogP contribution is 2.37. The molecule has 5 nitrogen and oxygen atoms in total. The number of nitrogens with one attached hydrogen (secondary N) is 1. The molecule has 0 fully saturated rings. The number of hydrogen-bond acceptors (Lipinski definition) is 4. The summed E-state index contributed by atoms with van der Waals surface area (Å²) < 4.78 is 69.8. The number of carbonyl (C=O) groups is 1. The zero-order valence-corrected chi connectivity index (χ0v) is 14.4. The normalized spacial score (nSPS) is 10.5. The Hall–Kier alpha value is -2.68. The van der Waals surface area contributed by atoms with Crippen molar-refractivity contribution in [3.8, 4) is 17.2 Å². The third-order valence-electron chi connectivity index (χ3n) is 3.38. The fourth-order valence-electron chi connectivity index (χ4n) is 2.13. The maximum Gasteiger partial charge on any atom is 0.261 e. The minimum Gasteiger partial charge on any atom is -0.495 e. The Morgan fingerprint density at radius 2 is 1.42 bits per heavy atom. The van der Waals surface area contributed by atoms with Gasteiger partial charge in [0.25, 0.3) is 5.91 Å². The standard InChI is InChI=1S/C16H12ClF4NO4/c1-24-8-5-7(9(25-2)4-6(8)17)22-16(23)10-11(18)13(20)15(26-3)14(21)12(10)19/h4-5H,1-3H3,(H,22,23). The van der Waals surface area contributed by atoms with Crippen LogP contribution in [0.25, 0.3) is 0 Å². The van der Waals surface area contributed by atoms with E-state index in [1.165, 1.54) is 26.4 Å². The van der Waals surface area contributed by atoms with Crippen LogP contribution in [0.5, 0.6) is 17.2 Å². The van der Waals surface area contributed by atoms with Gasteiger partial charge in [0.15, 0.2) is 17.4 Å². The van der Waals surface area contributed by atoms with Gasteiger partial charge in [-0.3, -0.25) is 4.79 Å². The first-order valence-electron chi connectivity index (χ1n) is 6.89. The van der Waals surface area contributed by atoms with Gasteiger partial charge in [-0.2, -0.15) is 8.78 Å². The van der Waals surface area contributed by atoms with E-state index in [1.54, 1.807) is 0 Å². The van der Waals surface area contributed by atoms with Crippen molar-refractivity contribution in [2.75, 3.05) is 26.6 Å². The average Bonchev–Trinajstić information content (AvgIpc) is 2.61. The van der Waals surface area contributed by atoms with Crippen molar-refractivity contribution in [1.82, 2.24) is 0 Å². The third kappa shape index (κ3) is 3.34. The molecule has 2 rings (SSSR count). The molecule has 0 heterocycles. The number of methoxy groups -OCH3 is 3. The highest BCUT2D eigenvalue weighted by Gasteiger charge is 2.30. The lowest BCUT2D eigenvalue weighted by atomic mass is 10.1. The van der Waals surface area contributed by atoms with Gasteiger partial charge >= 0.3 is 0 Å². The van der Waals surface area contributed by atoms with Crippen molar-refractivity contribution < 1.29 is 36.6 Å². The molecule has 0 saturated carbocycles. The summed E-state index contributed by atoms with van der Waals surface area (Å²) in [5.41, 5.74) is -1.55. The highest BCUT2D eigenvalue weighted by molar-refractivity contribution is 6.32. The summed E-state index contributed by atoms with van der Waals surface area (Å²) in [7, 11) is 3.37. The number of amides is 1. The molecular formula is C16H12ClF4NO4. The minimum absolute atomic E-state index is 0.0272. The smallest absolute Gasteiger partial charge is 0.261 e. The van der Waals surface area contributed by atoms with E-state index in [-0.39, 0.29) is 22.2 Å². The topological polar surface area (TPSA) is 56.8 Å². The van der Waals surface area contributed by atoms with Gasteiger partial charge < -0.3 is 19.5 Å². The number of ether oxygens (including phenoxy) is 3. The number of benzene rings is 2. The van der Waals surface area contributed by atoms with Crippen molar-refractivity contribution >= 4 is 23.2 Å². The molecule has 0 atom stereocenters. The van der Waals surface area contributed by atoms with E-state index in [1.807, 2.05) is 0 Å². The molecule has 1 amide bonds. The van der Waals surface area contributed by atoms with Gasteiger partial charge in [0.05, 0.1) is 32.0 Å². The number of halogens is 5. The highest BCUT2D eigenvalue weighted by atomic mass is 35.5. The summed E-state index contributed by atoms with van der Waals surface area (Å²) in [5.74, 6) is -10.1. The Labute approximate surface area is 150 Å². The van der Waals surface area contributed by atoms with Gasteiger partial charge in [0.1, 0.15) is 17.1 Å². The SMILES string of the molecule is COc1cc(NC(=O)c2c(F)c(F)c(OC)c(F)c2F)c(OC)cc1Cl. The molecule has 140 valence electrons. The first kappa shape index (κ1) is 19.6. The van der Waals surface area contributed by atoms with Gasteiger partial charge in [0.2, 0.25) is 11.6 Å². The number of hydrogen-bond donors (Lipinski definition) is 1. The second kappa shape index (κ2) is 7.69. The molecule has 0 aliphatic rings. The second-order valence-electron chi connectivity index (χ2n) is 4.81. The van der Waals surface area contributed by atoms with Crippen LogP contribution < -0.4 is 19.5 Å². The lowest BCUT2D eigenvalue weighted by molar-refractivity contribution is 0.101. The summed E-state index contributed by atoms with van der Waals surface area (Å²) in [6, 6.07) is 2.49. The molecule has 10 heteroatoms. The fraction of sp³-hybridized carbons (Fsp3) is 0.188. The summed E-state index contributed by atoms with van der Waals surface area (Å²) in [6.07, 6.45) is 0. The van der Waals surface area contributed by atoms with Crippen LogP contribution in [-0.2, 0) is 0 Å². The third-order valence-corrected chi connectivity index (χ3v) is 3.67. The van der Waals surface area contributed by atoms with Gasteiger partial charge in [0, 0.05) is 12.1 Å². The summed E-state index contributed by atoms with van der Waals surface area (Å²) in [5, 5.41) is 2.24. The molecule has 0 aromatic heterocycles. The van der Waals surface area contributed by atoms with E-state index < -0.39 is 40.5 Å². The molecule has 0 radical (unpaired) electrons. The predicted molar refractivity (Wildman–Crippen MR) is 85.3 cm³/mol. The Morgan fingerprint density at radius 3 is 1.88 bits per heavy atom. The predicted octanol–water partition coefficient (Wildman–Crippen LogP) is 4.17. The number of rotatable bonds is 5. The Morgan fingerprint density at radius 1 is 0.885 bits per heavy atom. The van der Waals surface area contributed by atoms with Crippen LogP contribution >= 0.6 is 11.6 Å². The Balaban J connectivity index is 2.53. The van der Waals surface area contributed by atoms with Gasteiger partial charge in [-0.25, -0.2) is 8.78 Å². The molecule has 2 aromatic rings. The van der Waals surface area contributed by atoms with Gasteiger partial charge in [-0.1, -0.05) is 11.6 Å². The van der Waals surface area contributed by atoms with E-state index in [9.17, 15) is 22.4 Å². The van der Waals surface area contributed by atoms with Crippen LogP contribution in [-0.4, -0.2) is 27.2 Å². The van der Waals surface area contributed by atoms with E-state index >= 15 is 0 Å². The molecular weight excluding hydrogens is 382 g/mol. The molecule has 0 aliphatic carbocycles. The zero-order chi connectivity index (χ0) is 19.6. The molecule has 0 aliphatic heterocycles. The van der Waals surface area contributed by atoms with Crippen LogP contribution in [0.4, 0.5) is 23.2 Å². The molecule has 26 heavy (non-hydrogen) atoms. The minimum atomic E-state index is -1.90. The average molecular weight is 394 g/mol. The van der Waals surface area contributed by atoms with Gasteiger partial charge in [-0.15, -0.1) is 0 Å². The van der Waals surface area contributed by atoms with Crippen LogP contribution in [0.2, 0.25) is 5.02 Å². The van der Waals surface area contributed by atoms with E-state index in [0.29, 0.717) is 0 Å². The number of anilines is 1. The van der Waals surface area contributed by atoms with Crippen LogP contribution in [0, 0.1) is 23.3 Å². The monoisotopic (exact) mass is 393 g/mol. The molecule has 0 spiro atoms. The van der Waals surface area contributed by atoms with E-state index in [0.717, 1.165) is 7.11 Å². The van der Waals surface area contributed by atoms with E-state index in [2.05, 4.69) is 10.1 Å². The lowest BCUT2D eigenvalue weighted by Crippen LogP contribution is -2.19. The van der Waals surface area contributed by atoms with Crippen molar-refractivity contribution in [1.29, 1.82) is 0 Å². The van der Waals surface area contributed by atoms with Crippen molar-refractivity contribution in [3.63, 3.8) is 0 Å². The largest absolute Gasteiger partial charge is 0.495 e. The molecule has 0 unspecified atom stereocenters. The molecule has 1 N–H and O–H groups in total. The molecule has 2 aromatic carbocycles. The zero-order valence-electron chi connectivity index (χ0n) is 13.7. The summed E-state index contributed by atoms with van der Waals surface area (Å²) in [4.78, 5) is 12.2. The lowest BCUT2D eigenvalue weighted by Gasteiger charge is -2.14. The van der Waals surface area contributed by atoms with Crippen LogP contribution in [0.15, 0.2) is 12.1 Å². The summed E-state index contributed by atoms with van der Waals surface area (Å²) in [6.45, 7) is 0. The first-order chi connectivity index (χ1) is 12.3. The summed E-state index contributed by atoms with van der Waals surface area (Å²) >= 11 is 5.91. The fourth-order valence-corrected chi connectivity index (χ4v) is 2.36. The Bertz CT molecular complexity index is 847. The van der Waals surface area contributed by atoms with Crippen LogP contribution in [0.3, 0.4) is 0 Å². The van der Waals surface area contributed by atoms with E-state index in [4.69, 9.17) is 21.1 Å². The van der Waals surface area contributed by atoms with Gasteiger partial charge in [-0.05, 0) is 0 Å². The molecule has 0 saturated heterocycles. The maximum absolute atomic E-state index is 14.0. The second-order valence-corrected chi connectivity index (χ2v) is 5.21. The maximum atomic E-state index is 14.0. The Kier molecular flexibility index (Phi) is 5.81. The van der Waals surface area contributed by atoms with Crippen LogP contribution in [0.1, 0.15) is 10.4 Å². The molecule has 0 bridgehead atoms. The van der Waals surface area contributed by atoms with Crippen molar-refractivity contribution in [3.05, 3.63) is 46.0 Å². The first-order valence-corrected chi connectivity index (χ1v) is 7.27.